The van der Waals surface area contributed by atoms with Gasteiger partial charge in [0.15, 0.2) is 0 Å². The molecular weight excluding hydrogens is 280 g/mol. The molecule has 5 heteroatoms. The largest absolute Gasteiger partial charge is 0.492 e. The van der Waals surface area contributed by atoms with Crippen molar-refractivity contribution in [3.05, 3.63) is 42.5 Å². The lowest BCUT2D eigenvalue weighted by Crippen LogP contribution is -2.43. The first kappa shape index (κ1) is 15.8. The molecule has 0 heterocycles. The van der Waals surface area contributed by atoms with E-state index in [0.717, 1.165) is 16.5 Å². The van der Waals surface area contributed by atoms with Gasteiger partial charge >= 0.3 is 11.8 Å². The van der Waals surface area contributed by atoms with E-state index in [1.54, 1.807) is 13.8 Å². The van der Waals surface area contributed by atoms with Crippen LogP contribution in [0.1, 0.15) is 13.8 Å². The molecule has 0 atom stereocenters. The van der Waals surface area contributed by atoms with E-state index in [0.29, 0.717) is 6.61 Å². The Bertz CT molecular complexity index is 668. The fraction of sp³-hybridized carbons (Fsp3) is 0.294. The highest BCUT2D eigenvalue weighted by atomic mass is 16.5. The molecule has 0 saturated heterocycles. The number of hydrogen-bond donors (Lipinski definition) is 2. The summed E-state index contributed by atoms with van der Waals surface area (Å²) in [4.78, 5) is 22.9. The van der Waals surface area contributed by atoms with Crippen molar-refractivity contribution in [3.63, 3.8) is 0 Å². The summed E-state index contributed by atoms with van der Waals surface area (Å²) in [5, 5.41) is 7.29. The van der Waals surface area contributed by atoms with E-state index < -0.39 is 11.8 Å². The lowest BCUT2D eigenvalue weighted by molar-refractivity contribution is -0.139. The maximum Gasteiger partial charge on any atom is 0.309 e. The predicted octanol–water partition coefficient (Wildman–Crippen LogP) is 1.86. The molecule has 2 aromatic carbocycles. The first-order valence-electron chi connectivity index (χ1n) is 7.26. The van der Waals surface area contributed by atoms with E-state index in [-0.39, 0.29) is 12.6 Å². The second-order valence-corrected chi connectivity index (χ2v) is 5.24. The second kappa shape index (κ2) is 7.45. The number of nitrogens with one attached hydrogen (secondary N) is 2. The summed E-state index contributed by atoms with van der Waals surface area (Å²) in [6, 6.07) is 13.8. The molecule has 2 aromatic rings. The molecule has 0 radical (unpaired) electrons. The Morgan fingerprint density at radius 1 is 1.05 bits per heavy atom. The highest BCUT2D eigenvalue weighted by Gasteiger charge is 2.13. The summed E-state index contributed by atoms with van der Waals surface area (Å²) in [5.74, 6) is -0.531. The van der Waals surface area contributed by atoms with Gasteiger partial charge in [0, 0.05) is 6.04 Å². The zero-order chi connectivity index (χ0) is 15.9. The lowest BCUT2D eigenvalue weighted by atomic mass is 10.1. The van der Waals surface area contributed by atoms with Gasteiger partial charge in [-0.05, 0) is 36.8 Å². The monoisotopic (exact) mass is 300 g/mol. The molecule has 0 bridgehead atoms. The average molecular weight is 300 g/mol. The second-order valence-electron chi connectivity index (χ2n) is 5.24. The van der Waals surface area contributed by atoms with E-state index >= 15 is 0 Å². The summed E-state index contributed by atoms with van der Waals surface area (Å²) in [5.41, 5.74) is 0. The molecule has 0 aliphatic rings. The van der Waals surface area contributed by atoms with E-state index in [9.17, 15) is 9.59 Å². The molecule has 0 saturated carbocycles. The summed E-state index contributed by atoms with van der Waals surface area (Å²) in [6.07, 6.45) is 0. The lowest BCUT2D eigenvalue weighted by Gasteiger charge is -2.10. The van der Waals surface area contributed by atoms with Crippen molar-refractivity contribution in [2.75, 3.05) is 13.2 Å². The van der Waals surface area contributed by atoms with Gasteiger partial charge in [0.05, 0.1) is 6.54 Å². The zero-order valence-electron chi connectivity index (χ0n) is 12.8. The summed E-state index contributed by atoms with van der Waals surface area (Å²) in [7, 11) is 0. The molecule has 0 unspecified atom stereocenters. The van der Waals surface area contributed by atoms with Gasteiger partial charge in [-0.15, -0.1) is 0 Å². The molecule has 116 valence electrons. The summed E-state index contributed by atoms with van der Waals surface area (Å²) < 4.78 is 5.58. The smallest absolute Gasteiger partial charge is 0.309 e. The minimum Gasteiger partial charge on any atom is -0.492 e. The number of rotatable bonds is 5. The van der Waals surface area contributed by atoms with Crippen LogP contribution in [0.5, 0.6) is 5.75 Å². The van der Waals surface area contributed by atoms with Crippen LogP contribution in [0.25, 0.3) is 10.8 Å². The third kappa shape index (κ3) is 4.48. The topological polar surface area (TPSA) is 67.4 Å². The molecule has 0 aliphatic carbocycles. The van der Waals surface area contributed by atoms with Crippen LogP contribution < -0.4 is 15.4 Å². The molecular formula is C17H20N2O3. The van der Waals surface area contributed by atoms with Crippen LogP contribution >= 0.6 is 0 Å². The van der Waals surface area contributed by atoms with Gasteiger partial charge in [-0.25, -0.2) is 0 Å². The van der Waals surface area contributed by atoms with Crippen LogP contribution in [0.2, 0.25) is 0 Å². The predicted molar refractivity (Wildman–Crippen MR) is 85.7 cm³/mol. The van der Waals surface area contributed by atoms with Gasteiger partial charge in [-0.1, -0.05) is 30.3 Å². The van der Waals surface area contributed by atoms with Gasteiger partial charge in [0.1, 0.15) is 12.4 Å². The van der Waals surface area contributed by atoms with Gasteiger partial charge < -0.3 is 15.4 Å². The first-order valence-corrected chi connectivity index (χ1v) is 7.26. The highest BCUT2D eigenvalue weighted by Crippen LogP contribution is 2.20. The minimum atomic E-state index is -0.643. The van der Waals surface area contributed by atoms with Crippen LogP contribution in [-0.4, -0.2) is 31.0 Å². The Labute approximate surface area is 129 Å². The SMILES string of the molecule is CC(C)NC(=O)C(=O)NCCOc1ccc2ccccc2c1. The van der Waals surface area contributed by atoms with Crippen LogP contribution in [0.4, 0.5) is 0 Å². The minimum absolute atomic E-state index is 0.0629. The molecule has 22 heavy (non-hydrogen) atoms. The molecule has 2 N–H and O–H groups in total. The van der Waals surface area contributed by atoms with Gasteiger partial charge in [0.2, 0.25) is 0 Å². The molecule has 2 amide bonds. The van der Waals surface area contributed by atoms with Crippen molar-refractivity contribution >= 4 is 22.6 Å². The number of amides is 2. The Kier molecular flexibility index (Phi) is 5.36. The van der Waals surface area contributed by atoms with Crippen molar-refractivity contribution in [2.24, 2.45) is 0 Å². The number of fused-ring (bicyclic) bond motifs is 1. The van der Waals surface area contributed by atoms with E-state index in [2.05, 4.69) is 10.6 Å². The quantitative estimate of drug-likeness (QED) is 0.654. The van der Waals surface area contributed by atoms with Crippen molar-refractivity contribution in [1.29, 1.82) is 0 Å². The zero-order valence-corrected chi connectivity index (χ0v) is 12.8. The van der Waals surface area contributed by atoms with E-state index in [1.165, 1.54) is 0 Å². The molecule has 0 aliphatic heterocycles. The van der Waals surface area contributed by atoms with E-state index in [1.807, 2.05) is 42.5 Å². The van der Waals surface area contributed by atoms with Crippen LogP contribution in [0.15, 0.2) is 42.5 Å². The number of ether oxygens (including phenoxy) is 1. The highest BCUT2D eigenvalue weighted by molar-refractivity contribution is 6.35. The number of hydrogen-bond acceptors (Lipinski definition) is 3. The number of benzene rings is 2. The van der Waals surface area contributed by atoms with Crippen molar-refractivity contribution < 1.29 is 14.3 Å². The average Bonchev–Trinajstić information content (AvgIpc) is 2.50. The normalized spacial score (nSPS) is 10.5. The summed E-state index contributed by atoms with van der Waals surface area (Å²) >= 11 is 0. The number of carbonyl (C=O) groups excluding carboxylic acids is 2. The van der Waals surface area contributed by atoms with Gasteiger partial charge in [0.25, 0.3) is 0 Å². The third-order valence-corrected chi connectivity index (χ3v) is 3.00. The van der Waals surface area contributed by atoms with Crippen molar-refractivity contribution in [3.8, 4) is 5.75 Å². The molecule has 0 fully saturated rings. The Hall–Kier alpha value is -2.56. The maximum atomic E-state index is 11.5. The van der Waals surface area contributed by atoms with Gasteiger partial charge in [-0.3, -0.25) is 9.59 Å². The fourth-order valence-corrected chi connectivity index (χ4v) is 2.00. The maximum absolute atomic E-state index is 11.5. The molecule has 0 aromatic heterocycles. The first-order chi connectivity index (χ1) is 10.6. The van der Waals surface area contributed by atoms with Gasteiger partial charge in [-0.2, -0.15) is 0 Å². The third-order valence-electron chi connectivity index (χ3n) is 3.00. The Balaban J connectivity index is 1.78. The number of carbonyl (C=O) groups is 2. The molecule has 2 rings (SSSR count). The van der Waals surface area contributed by atoms with Crippen LogP contribution in [0.3, 0.4) is 0 Å². The van der Waals surface area contributed by atoms with Crippen LogP contribution in [-0.2, 0) is 9.59 Å². The Morgan fingerprint density at radius 3 is 2.50 bits per heavy atom. The molecule has 0 spiro atoms. The Morgan fingerprint density at radius 2 is 1.77 bits per heavy atom. The fourth-order valence-electron chi connectivity index (χ4n) is 2.00. The van der Waals surface area contributed by atoms with Crippen molar-refractivity contribution in [1.82, 2.24) is 10.6 Å². The standard InChI is InChI=1S/C17H20N2O3/c1-12(2)19-17(21)16(20)18-9-10-22-15-8-7-13-5-3-4-6-14(13)11-15/h3-8,11-12H,9-10H2,1-2H3,(H,18,20)(H,19,21). The molecule has 5 nitrogen and oxygen atoms in total. The summed E-state index contributed by atoms with van der Waals surface area (Å²) in [6.45, 7) is 4.18. The van der Waals surface area contributed by atoms with Crippen molar-refractivity contribution in [2.45, 2.75) is 19.9 Å². The van der Waals surface area contributed by atoms with Crippen LogP contribution in [0, 0.1) is 0 Å². The van der Waals surface area contributed by atoms with E-state index in [4.69, 9.17) is 4.74 Å².